The highest BCUT2D eigenvalue weighted by atomic mass is 16.5. The van der Waals surface area contributed by atoms with E-state index in [4.69, 9.17) is 9.47 Å². The van der Waals surface area contributed by atoms with Gasteiger partial charge in [-0.1, -0.05) is 24.3 Å². The maximum absolute atomic E-state index is 12.2. The number of ether oxygens (including phenoxy) is 2. The van der Waals surface area contributed by atoms with Gasteiger partial charge in [-0.2, -0.15) is 0 Å². The Morgan fingerprint density at radius 3 is 3.10 bits per heavy atom. The average molecular weight is 287 g/mol. The van der Waals surface area contributed by atoms with Crippen LogP contribution in [0.2, 0.25) is 0 Å². The van der Waals surface area contributed by atoms with Crippen molar-refractivity contribution in [1.29, 1.82) is 0 Å². The first-order chi connectivity index (χ1) is 10.3. The van der Waals surface area contributed by atoms with Crippen molar-refractivity contribution in [2.24, 2.45) is 5.92 Å². The van der Waals surface area contributed by atoms with Gasteiger partial charge in [0, 0.05) is 6.54 Å². The zero-order valence-electron chi connectivity index (χ0n) is 12.2. The van der Waals surface area contributed by atoms with Crippen molar-refractivity contribution < 1.29 is 14.3 Å². The molecule has 0 bridgehead atoms. The van der Waals surface area contributed by atoms with Gasteiger partial charge in [0.05, 0.1) is 19.8 Å². The summed E-state index contributed by atoms with van der Waals surface area (Å²) in [6.07, 6.45) is 3.40. The molecule has 2 aliphatic heterocycles. The first-order valence-corrected chi connectivity index (χ1v) is 7.85. The minimum atomic E-state index is -0.275. The van der Waals surface area contributed by atoms with E-state index in [0.29, 0.717) is 19.1 Å². The number of carbonyl (C=O) groups is 1. The van der Waals surface area contributed by atoms with Gasteiger partial charge >= 0.3 is 0 Å². The summed E-state index contributed by atoms with van der Waals surface area (Å²) in [6, 6.07) is 8.36. The van der Waals surface area contributed by atoms with E-state index < -0.39 is 0 Å². The number of amides is 1. The minimum Gasteiger partial charge on any atom is -0.371 e. The maximum Gasteiger partial charge on any atom is 0.248 e. The first-order valence-electron chi connectivity index (χ1n) is 7.85. The van der Waals surface area contributed by atoms with E-state index in [9.17, 15) is 4.79 Å². The fourth-order valence-electron chi connectivity index (χ4n) is 3.41. The molecule has 21 heavy (non-hydrogen) atoms. The Hall–Kier alpha value is -1.39. The normalized spacial score (nSPS) is 27.3. The molecule has 4 rings (SSSR count). The molecule has 4 nitrogen and oxygen atoms in total. The van der Waals surface area contributed by atoms with E-state index in [2.05, 4.69) is 18.2 Å². The Bertz CT molecular complexity index is 555. The van der Waals surface area contributed by atoms with Crippen molar-refractivity contribution >= 4 is 5.91 Å². The highest BCUT2D eigenvalue weighted by Crippen LogP contribution is 2.43. The molecule has 0 aromatic heterocycles. The second-order valence-electron chi connectivity index (χ2n) is 6.46. The van der Waals surface area contributed by atoms with Crippen LogP contribution in [-0.4, -0.2) is 37.1 Å². The molecule has 112 valence electrons. The Morgan fingerprint density at radius 1 is 1.38 bits per heavy atom. The highest BCUT2D eigenvalue weighted by molar-refractivity contribution is 5.78. The molecule has 1 spiro atoms. The predicted octanol–water partition coefficient (Wildman–Crippen LogP) is 2.07. The summed E-state index contributed by atoms with van der Waals surface area (Å²) < 4.78 is 11.6. The van der Waals surface area contributed by atoms with Gasteiger partial charge in [0.1, 0.15) is 12.2 Å². The van der Waals surface area contributed by atoms with Crippen molar-refractivity contribution in [1.82, 2.24) is 4.90 Å². The molecule has 3 aliphatic rings. The van der Waals surface area contributed by atoms with Crippen LogP contribution < -0.4 is 0 Å². The molecule has 1 aliphatic carbocycles. The molecule has 1 saturated heterocycles. The molecule has 1 aromatic carbocycles. The van der Waals surface area contributed by atoms with Gasteiger partial charge in [-0.25, -0.2) is 0 Å². The minimum absolute atomic E-state index is 0.0977. The van der Waals surface area contributed by atoms with Crippen molar-refractivity contribution in [2.45, 2.75) is 31.5 Å². The number of carbonyl (C=O) groups excluding carboxylic acids is 1. The van der Waals surface area contributed by atoms with Gasteiger partial charge < -0.3 is 14.4 Å². The van der Waals surface area contributed by atoms with Crippen LogP contribution in [0.3, 0.4) is 0 Å². The number of fused-ring (bicyclic) bond motifs is 2. The predicted molar refractivity (Wildman–Crippen MR) is 77.6 cm³/mol. The lowest BCUT2D eigenvalue weighted by atomic mass is 9.92. The topological polar surface area (TPSA) is 38.8 Å². The summed E-state index contributed by atoms with van der Waals surface area (Å²) in [6.45, 7) is 3.05. The van der Waals surface area contributed by atoms with Crippen LogP contribution in [0, 0.1) is 5.92 Å². The number of benzene rings is 1. The summed E-state index contributed by atoms with van der Waals surface area (Å²) >= 11 is 0. The smallest absolute Gasteiger partial charge is 0.248 e. The highest BCUT2D eigenvalue weighted by Gasteiger charge is 2.46. The van der Waals surface area contributed by atoms with Crippen LogP contribution in [0.5, 0.6) is 0 Å². The molecule has 0 N–H and O–H groups in total. The molecule has 2 heterocycles. The first kappa shape index (κ1) is 13.3. The number of rotatable bonds is 4. The lowest BCUT2D eigenvalue weighted by Crippen LogP contribution is -2.36. The van der Waals surface area contributed by atoms with Crippen LogP contribution >= 0.6 is 0 Å². The Kier molecular flexibility index (Phi) is 3.23. The van der Waals surface area contributed by atoms with Crippen LogP contribution in [0.25, 0.3) is 0 Å². The van der Waals surface area contributed by atoms with Crippen LogP contribution in [0.1, 0.15) is 30.4 Å². The molecule has 1 atom stereocenters. The largest absolute Gasteiger partial charge is 0.371 e. The van der Waals surface area contributed by atoms with Crippen LogP contribution in [0.4, 0.5) is 0 Å². The molecule has 1 unspecified atom stereocenters. The third kappa shape index (κ3) is 2.47. The zero-order chi connectivity index (χ0) is 14.3. The van der Waals surface area contributed by atoms with Gasteiger partial charge in [0.2, 0.25) is 5.91 Å². The molecule has 4 heteroatoms. The fourth-order valence-corrected chi connectivity index (χ4v) is 3.41. The lowest BCUT2D eigenvalue weighted by molar-refractivity contribution is -0.136. The van der Waals surface area contributed by atoms with E-state index in [1.165, 1.54) is 24.0 Å². The average Bonchev–Trinajstić information content (AvgIpc) is 3.12. The summed E-state index contributed by atoms with van der Waals surface area (Å²) in [5.41, 5.74) is 2.25. The van der Waals surface area contributed by atoms with Gasteiger partial charge in [0.25, 0.3) is 0 Å². The Balaban J connectivity index is 1.39. The molecule has 1 amide bonds. The summed E-state index contributed by atoms with van der Waals surface area (Å²) in [4.78, 5) is 14.1. The summed E-state index contributed by atoms with van der Waals surface area (Å²) in [7, 11) is 0. The van der Waals surface area contributed by atoms with Crippen molar-refractivity contribution in [3.63, 3.8) is 0 Å². The third-order valence-corrected chi connectivity index (χ3v) is 4.87. The number of nitrogens with zero attached hydrogens (tertiary/aromatic N) is 1. The molecule has 1 aromatic rings. The summed E-state index contributed by atoms with van der Waals surface area (Å²) in [5.74, 6) is 0.799. The van der Waals surface area contributed by atoms with Gasteiger partial charge in [-0.15, -0.1) is 0 Å². The van der Waals surface area contributed by atoms with E-state index in [1.54, 1.807) is 0 Å². The zero-order valence-corrected chi connectivity index (χ0v) is 12.2. The number of hydrogen-bond donors (Lipinski definition) is 0. The number of likely N-dealkylation sites (tertiary alicyclic amines) is 1. The molecular formula is C17H21NO3. The Labute approximate surface area is 125 Å². The van der Waals surface area contributed by atoms with E-state index in [-0.39, 0.29) is 18.1 Å². The van der Waals surface area contributed by atoms with Crippen molar-refractivity contribution in [2.75, 3.05) is 26.3 Å². The van der Waals surface area contributed by atoms with Gasteiger partial charge in [0.15, 0.2) is 0 Å². The van der Waals surface area contributed by atoms with Gasteiger partial charge in [-0.3, -0.25) is 4.79 Å². The van der Waals surface area contributed by atoms with Gasteiger partial charge in [-0.05, 0) is 36.3 Å². The summed E-state index contributed by atoms with van der Waals surface area (Å²) in [5, 5.41) is 0. The second-order valence-corrected chi connectivity index (χ2v) is 6.46. The maximum atomic E-state index is 12.2. The molecular weight excluding hydrogens is 266 g/mol. The molecule has 0 radical (unpaired) electrons. The second kappa shape index (κ2) is 5.11. The monoisotopic (exact) mass is 287 g/mol. The standard InChI is InChI=1S/C17H21NO3/c19-16(11-20-9-13-5-6-13)18-8-7-17(12-18)15-4-2-1-3-14(15)10-21-17/h1-4,13H,5-12H2. The molecule has 2 fully saturated rings. The molecule has 1 saturated carbocycles. The lowest BCUT2D eigenvalue weighted by Gasteiger charge is -2.24. The van der Waals surface area contributed by atoms with Crippen LogP contribution in [0.15, 0.2) is 24.3 Å². The van der Waals surface area contributed by atoms with Crippen LogP contribution in [-0.2, 0) is 26.5 Å². The fraction of sp³-hybridized carbons (Fsp3) is 0.588. The van der Waals surface area contributed by atoms with E-state index in [0.717, 1.165) is 19.6 Å². The van der Waals surface area contributed by atoms with Crippen molar-refractivity contribution in [3.8, 4) is 0 Å². The van der Waals surface area contributed by atoms with E-state index in [1.807, 2.05) is 11.0 Å². The quantitative estimate of drug-likeness (QED) is 0.851. The SMILES string of the molecule is O=C(COCC1CC1)N1CCC2(C1)OCc1ccccc12. The van der Waals surface area contributed by atoms with E-state index >= 15 is 0 Å². The Morgan fingerprint density at radius 2 is 2.24 bits per heavy atom. The van der Waals surface area contributed by atoms with Crippen molar-refractivity contribution in [3.05, 3.63) is 35.4 Å². The third-order valence-electron chi connectivity index (χ3n) is 4.87. The number of hydrogen-bond acceptors (Lipinski definition) is 3.